The van der Waals surface area contributed by atoms with E-state index in [9.17, 15) is 0 Å². The summed E-state index contributed by atoms with van der Waals surface area (Å²) in [5.74, 6) is 1.66. The number of nitrogens with zero attached hydrogens (tertiary/aromatic N) is 3. The van der Waals surface area contributed by atoms with Crippen molar-refractivity contribution >= 4 is 0 Å². The molecule has 0 aliphatic carbocycles. The van der Waals surface area contributed by atoms with Gasteiger partial charge in [-0.3, -0.25) is 4.90 Å². The second kappa shape index (κ2) is 6.85. The summed E-state index contributed by atoms with van der Waals surface area (Å²) in [6, 6.07) is 0.325. The number of hydrogen-bond donors (Lipinski definition) is 1. The van der Waals surface area contributed by atoms with Gasteiger partial charge in [-0.2, -0.15) is 4.98 Å². The van der Waals surface area contributed by atoms with Crippen molar-refractivity contribution in [1.82, 2.24) is 20.4 Å². The van der Waals surface area contributed by atoms with Gasteiger partial charge in [0.05, 0.1) is 6.04 Å². The number of aryl methyl sites for hydroxylation is 1. The van der Waals surface area contributed by atoms with Gasteiger partial charge in [0.2, 0.25) is 5.89 Å². The Kier molecular flexibility index (Phi) is 5.13. The Bertz CT molecular complexity index is 347. The molecule has 1 aromatic heterocycles. The summed E-state index contributed by atoms with van der Waals surface area (Å²) in [6.07, 6.45) is 4.18. The van der Waals surface area contributed by atoms with E-state index in [1.54, 1.807) is 0 Å². The average molecular weight is 252 g/mol. The first-order chi connectivity index (χ1) is 8.85. The predicted molar refractivity (Wildman–Crippen MR) is 70.4 cm³/mol. The molecule has 0 aromatic carbocycles. The fourth-order valence-corrected chi connectivity index (χ4v) is 2.46. The monoisotopic (exact) mass is 252 g/mol. The molecule has 102 valence electrons. The molecular weight excluding hydrogens is 228 g/mol. The van der Waals surface area contributed by atoms with E-state index in [0.717, 1.165) is 63.6 Å². The van der Waals surface area contributed by atoms with Crippen LogP contribution in [0.15, 0.2) is 4.52 Å². The van der Waals surface area contributed by atoms with Crippen LogP contribution in [0.2, 0.25) is 0 Å². The summed E-state index contributed by atoms with van der Waals surface area (Å²) in [5.41, 5.74) is 0. The zero-order chi connectivity index (χ0) is 12.8. The van der Waals surface area contributed by atoms with E-state index in [2.05, 4.69) is 34.2 Å². The third kappa shape index (κ3) is 3.29. The Hall–Kier alpha value is -0.940. The third-order valence-corrected chi connectivity index (χ3v) is 3.40. The summed E-state index contributed by atoms with van der Waals surface area (Å²) in [6.45, 7) is 8.59. The molecule has 1 unspecified atom stereocenters. The molecule has 1 atom stereocenters. The van der Waals surface area contributed by atoms with Gasteiger partial charge in [-0.1, -0.05) is 25.4 Å². The molecule has 18 heavy (non-hydrogen) atoms. The number of nitrogens with one attached hydrogen (secondary N) is 1. The lowest BCUT2D eigenvalue weighted by molar-refractivity contribution is 0.155. The van der Waals surface area contributed by atoms with Crippen LogP contribution >= 0.6 is 0 Å². The molecule has 5 heteroatoms. The van der Waals surface area contributed by atoms with Crippen molar-refractivity contribution in [3.05, 3.63) is 11.7 Å². The molecule has 0 saturated carbocycles. The van der Waals surface area contributed by atoms with Gasteiger partial charge in [-0.15, -0.1) is 0 Å². The highest BCUT2D eigenvalue weighted by molar-refractivity contribution is 4.96. The fraction of sp³-hybridized carbons (Fsp3) is 0.846. The summed E-state index contributed by atoms with van der Waals surface area (Å²) >= 11 is 0. The molecule has 1 fully saturated rings. The first-order valence-electron chi connectivity index (χ1n) is 7.12. The van der Waals surface area contributed by atoms with Crippen molar-refractivity contribution in [2.75, 3.05) is 26.2 Å². The van der Waals surface area contributed by atoms with Crippen LogP contribution in [0, 0.1) is 0 Å². The summed E-state index contributed by atoms with van der Waals surface area (Å²) < 4.78 is 5.32. The maximum atomic E-state index is 5.32. The second-order valence-corrected chi connectivity index (χ2v) is 4.89. The fourth-order valence-electron chi connectivity index (χ4n) is 2.46. The summed E-state index contributed by atoms with van der Waals surface area (Å²) in [5, 5.41) is 7.56. The molecule has 2 rings (SSSR count). The molecule has 1 aliphatic heterocycles. The average Bonchev–Trinajstić information content (AvgIpc) is 2.86. The van der Waals surface area contributed by atoms with Crippen LogP contribution in [0.25, 0.3) is 0 Å². The normalized spacial score (nSPS) is 19.0. The van der Waals surface area contributed by atoms with E-state index in [0.29, 0.717) is 6.04 Å². The SMILES string of the molecule is CCCc1nc(C(CCC)N2CCNCC2)no1. The second-order valence-electron chi connectivity index (χ2n) is 4.89. The van der Waals surface area contributed by atoms with Gasteiger partial charge in [-0.25, -0.2) is 0 Å². The Morgan fingerprint density at radius 1 is 1.28 bits per heavy atom. The highest BCUT2D eigenvalue weighted by atomic mass is 16.5. The van der Waals surface area contributed by atoms with Gasteiger partial charge in [0.25, 0.3) is 0 Å². The van der Waals surface area contributed by atoms with Crippen LogP contribution in [0.5, 0.6) is 0 Å². The van der Waals surface area contributed by atoms with Crippen LogP contribution in [-0.4, -0.2) is 41.2 Å². The maximum absolute atomic E-state index is 5.32. The molecule has 1 N–H and O–H groups in total. The van der Waals surface area contributed by atoms with Crippen molar-refractivity contribution < 1.29 is 4.52 Å². The number of hydrogen-bond acceptors (Lipinski definition) is 5. The summed E-state index contributed by atoms with van der Waals surface area (Å²) in [7, 11) is 0. The maximum Gasteiger partial charge on any atom is 0.226 e. The molecule has 1 aliphatic rings. The molecule has 0 radical (unpaired) electrons. The Morgan fingerprint density at radius 3 is 2.72 bits per heavy atom. The quantitative estimate of drug-likeness (QED) is 0.836. The smallest absolute Gasteiger partial charge is 0.226 e. The van der Waals surface area contributed by atoms with E-state index in [1.807, 2.05) is 0 Å². The van der Waals surface area contributed by atoms with Gasteiger partial charge >= 0.3 is 0 Å². The van der Waals surface area contributed by atoms with Crippen LogP contribution in [0.1, 0.15) is 50.9 Å². The highest BCUT2D eigenvalue weighted by Gasteiger charge is 2.25. The minimum atomic E-state index is 0.325. The van der Waals surface area contributed by atoms with Crippen molar-refractivity contribution in [1.29, 1.82) is 0 Å². The summed E-state index contributed by atoms with van der Waals surface area (Å²) in [4.78, 5) is 7.03. The van der Waals surface area contributed by atoms with E-state index in [-0.39, 0.29) is 0 Å². The predicted octanol–water partition coefficient (Wildman–Crippen LogP) is 1.77. The number of piperazine rings is 1. The van der Waals surface area contributed by atoms with E-state index in [1.165, 1.54) is 0 Å². The van der Waals surface area contributed by atoms with Crippen LogP contribution in [0.4, 0.5) is 0 Å². The van der Waals surface area contributed by atoms with Crippen molar-refractivity contribution in [2.45, 2.75) is 45.6 Å². The molecular formula is C13H24N4O. The molecule has 0 amide bonds. The molecule has 1 aromatic rings. The lowest BCUT2D eigenvalue weighted by Crippen LogP contribution is -2.45. The molecule has 5 nitrogen and oxygen atoms in total. The first-order valence-corrected chi connectivity index (χ1v) is 7.12. The van der Waals surface area contributed by atoms with Crippen molar-refractivity contribution in [3.63, 3.8) is 0 Å². The van der Waals surface area contributed by atoms with Gasteiger partial charge in [0.15, 0.2) is 5.82 Å². The minimum absolute atomic E-state index is 0.325. The topological polar surface area (TPSA) is 54.2 Å². The first kappa shape index (κ1) is 13.5. The van der Waals surface area contributed by atoms with Gasteiger partial charge < -0.3 is 9.84 Å². The zero-order valence-electron chi connectivity index (χ0n) is 11.5. The Balaban J connectivity index is 2.06. The van der Waals surface area contributed by atoms with Crippen molar-refractivity contribution in [3.8, 4) is 0 Å². The zero-order valence-corrected chi connectivity index (χ0v) is 11.5. The van der Waals surface area contributed by atoms with Crippen LogP contribution in [0.3, 0.4) is 0 Å². The Morgan fingerprint density at radius 2 is 2.06 bits per heavy atom. The molecule has 1 saturated heterocycles. The lowest BCUT2D eigenvalue weighted by atomic mass is 10.1. The Labute approximate surface area is 109 Å². The lowest BCUT2D eigenvalue weighted by Gasteiger charge is -2.33. The molecule has 0 spiro atoms. The largest absolute Gasteiger partial charge is 0.339 e. The van der Waals surface area contributed by atoms with Crippen LogP contribution in [-0.2, 0) is 6.42 Å². The van der Waals surface area contributed by atoms with Crippen molar-refractivity contribution in [2.24, 2.45) is 0 Å². The molecule has 0 bridgehead atoms. The minimum Gasteiger partial charge on any atom is -0.339 e. The number of aromatic nitrogens is 2. The third-order valence-electron chi connectivity index (χ3n) is 3.40. The van der Waals surface area contributed by atoms with E-state index < -0.39 is 0 Å². The van der Waals surface area contributed by atoms with Gasteiger partial charge in [0.1, 0.15) is 0 Å². The standard InChI is InChI=1S/C13H24N4O/c1-3-5-11(17-9-7-14-8-10-17)13-15-12(6-4-2)18-16-13/h11,14H,3-10H2,1-2H3. The van der Waals surface area contributed by atoms with Gasteiger partial charge in [-0.05, 0) is 12.8 Å². The van der Waals surface area contributed by atoms with E-state index >= 15 is 0 Å². The van der Waals surface area contributed by atoms with E-state index in [4.69, 9.17) is 4.52 Å². The number of rotatable bonds is 6. The van der Waals surface area contributed by atoms with Crippen LogP contribution < -0.4 is 5.32 Å². The molecule has 2 heterocycles. The van der Waals surface area contributed by atoms with Gasteiger partial charge in [0, 0.05) is 32.6 Å². The highest BCUT2D eigenvalue weighted by Crippen LogP contribution is 2.23.